The molecule has 0 saturated heterocycles. The molecule has 0 saturated carbocycles. The first kappa shape index (κ1) is 17.3. The maximum atomic E-state index is 2.88. The van der Waals surface area contributed by atoms with Crippen LogP contribution >= 0.6 is 143 Å². The summed E-state index contributed by atoms with van der Waals surface area (Å²) in [7, 11) is -1.31. The van der Waals surface area contributed by atoms with E-state index in [9.17, 15) is 0 Å². The van der Waals surface area contributed by atoms with Crippen molar-refractivity contribution in [2.45, 2.75) is 0 Å². The Bertz CT molecular complexity index is 70.0. The number of rotatable bonds is 3. The Morgan fingerprint density at radius 3 is 0.800 bits per heavy atom. The van der Waals surface area contributed by atoms with E-state index < -0.39 is 0 Å². The maximum absolute atomic E-state index is 2.88. The van der Waals surface area contributed by atoms with Gasteiger partial charge in [0.05, 0.1) is 0 Å². The molecule has 0 spiro atoms. The van der Waals surface area contributed by atoms with E-state index in [1.165, 1.54) is 0 Å². The van der Waals surface area contributed by atoms with Crippen LogP contribution in [0.5, 0.6) is 0 Å². The molecule has 0 nitrogen and oxygen atoms in total. The Hall–Kier alpha value is 7.30. The average Bonchev–Trinajstić information content (AvgIpc) is 1.84. The van der Waals surface area contributed by atoms with Crippen molar-refractivity contribution in [1.29, 1.82) is 0 Å². The van der Waals surface area contributed by atoms with Gasteiger partial charge in [0.2, 0.25) is 0 Å². The minimum atomic E-state index is -0.358. The van der Waals surface area contributed by atoms with Gasteiger partial charge < -0.3 is 0 Å². The van der Waals surface area contributed by atoms with Gasteiger partial charge in [0.1, 0.15) is 0 Å². The molecule has 70 valence electrons. The van der Waals surface area contributed by atoms with Crippen molar-refractivity contribution < 1.29 is 0 Å². The standard InChI is InChI=1S/I10/c1-7(2)9(5)10(6)8(3)4. The molecule has 10 heavy (non-hydrogen) atoms. The Labute approximate surface area is 136 Å². The van der Waals surface area contributed by atoms with Gasteiger partial charge in [-0.3, -0.25) is 0 Å². The third-order valence-electron chi connectivity index (χ3n) is 0.245. The van der Waals surface area contributed by atoms with Crippen molar-refractivity contribution in [3.8, 4) is 0 Å². The molecule has 0 bridgehead atoms. The molecule has 0 radical (unpaired) electrons. The van der Waals surface area contributed by atoms with Crippen LogP contribution in [0.3, 0.4) is 0 Å². The second kappa shape index (κ2) is 10.2. The zero-order valence-corrected chi connectivity index (χ0v) is 25.4. The van der Waals surface area contributed by atoms with Gasteiger partial charge in [0.15, 0.2) is 0 Å². The molecule has 0 atom stereocenters. The molecule has 0 aromatic heterocycles. The molecular weight excluding hydrogens is 1270 g/mol. The zero-order valence-electron chi connectivity index (χ0n) is 3.78. The Kier molecular flexibility index (Phi) is 17.7. The second-order valence-corrected chi connectivity index (χ2v) is 196. The van der Waals surface area contributed by atoms with Crippen molar-refractivity contribution in [1.82, 2.24) is 0 Å². The molecule has 0 aliphatic rings. The van der Waals surface area contributed by atoms with Crippen LogP contribution in [0, 0.1) is 0 Å². The van der Waals surface area contributed by atoms with Crippen LogP contribution in [0.4, 0.5) is 0 Å². The first-order valence-electron chi connectivity index (χ1n) is 1.29. The summed E-state index contributed by atoms with van der Waals surface area (Å²) in [6.07, 6.45) is 0. The van der Waals surface area contributed by atoms with Crippen molar-refractivity contribution in [2.75, 3.05) is 0 Å². The van der Waals surface area contributed by atoms with Crippen LogP contribution < -0.4 is 0 Å². The normalized spacial score (nSPS) is 16.2. The van der Waals surface area contributed by atoms with Gasteiger partial charge in [-0.1, -0.05) is 0 Å². The van der Waals surface area contributed by atoms with E-state index in [1.54, 1.807) is 0 Å². The fraction of sp³-hybridized carbons (Fsp3) is 0. The predicted octanol–water partition coefficient (Wildman–Crippen LogP) is 8.86. The van der Waals surface area contributed by atoms with Crippen molar-refractivity contribution in [3.63, 3.8) is 0 Å². The van der Waals surface area contributed by atoms with Gasteiger partial charge in [-0.05, 0) is 0 Å². The minimum absolute atomic E-state index is 0.294. The third kappa shape index (κ3) is 8.40. The van der Waals surface area contributed by atoms with Gasteiger partial charge >= 0.3 is 143 Å². The molecule has 0 N–H and O–H groups in total. The first-order valence-corrected chi connectivity index (χ1v) is 57.9. The van der Waals surface area contributed by atoms with Gasteiger partial charge in [-0.15, -0.1) is 0 Å². The van der Waals surface area contributed by atoms with Crippen molar-refractivity contribution in [2.24, 2.45) is 0 Å². The summed E-state index contributed by atoms with van der Waals surface area (Å²) in [6.45, 7) is 0. The van der Waals surface area contributed by atoms with Crippen molar-refractivity contribution >= 4 is 143 Å². The molecule has 0 aromatic carbocycles. The SMILES string of the molecule is II(I)I(I)I(I)I(I)I. The molecular formula is I10. The summed E-state index contributed by atoms with van der Waals surface area (Å²) in [4.78, 5) is 0. The molecule has 0 aliphatic heterocycles. The molecule has 0 heterocycles. The van der Waals surface area contributed by atoms with E-state index in [0.29, 0.717) is 0 Å². The van der Waals surface area contributed by atoms with Gasteiger partial charge in [0, 0.05) is 0 Å². The zero-order chi connectivity index (χ0) is 8.31. The molecule has 0 fully saturated rings. The fourth-order valence-corrected chi connectivity index (χ4v) is 838. The van der Waals surface area contributed by atoms with Crippen molar-refractivity contribution in [3.05, 3.63) is 0 Å². The summed E-state index contributed by atoms with van der Waals surface area (Å²) < 4.78 is 0. The van der Waals surface area contributed by atoms with Crippen LogP contribution in [0.2, 0.25) is 0 Å². The molecule has 0 aromatic rings. The Balaban J connectivity index is 3.81. The second-order valence-electron chi connectivity index (χ2n) is 0.648. The van der Waals surface area contributed by atoms with E-state index in [4.69, 9.17) is 0 Å². The van der Waals surface area contributed by atoms with Gasteiger partial charge in [0.25, 0.3) is 0 Å². The molecule has 0 amide bonds. The number of halogens is 10. The monoisotopic (exact) mass is 1270 g/mol. The van der Waals surface area contributed by atoms with E-state index in [1.807, 2.05) is 0 Å². The van der Waals surface area contributed by atoms with E-state index in [0.717, 1.165) is 0 Å². The van der Waals surface area contributed by atoms with E-state index >= 15 is 0 Å². The summed E-state index contributed by atoms with van der Waals surface area (Å²) in [6, 6.07) is 0. The van der Waals surface area contributed by atoms with Gasteiger partial charge in [-0.2, -0.15) is 0 Å². The summed E-state index contributed by atoms with van der Waals surface area (Å²) >= 11 is 16.9. The topological polar surface area (TPSA) is 0 Å². The van der Waals surface area contributed by atoms with Crippen LogP contribution in [0.25, 0.3) is 0 Å². The summed E-state index contributed by atoms with van der Waals surface area (Å²) in [5.74, 6) is 0. The molecule has 0 unspecified atom stereocenters. The molecule has 0 rings (SSSR count). The first-order chi connectivity index (χ1) is 4.46. The molecule has 10 heteroatoms. The quantitative estimate of drug-likeness (QED) is 0.248. The van der Waals surface area contributed by atoms with Gasteiger partial charge in [-0.25, -0.2) is 0 Å². The molecule has 0 aliphatic carbocycles. The summed E-state index contributed by atoms with van der Waals surface area (Å²) in [5.41, 5.74) is 0. The third-order valence-corrected chi connectivity index (χ3v) is 496. The fourth-order valence-electron chi connectivity index (χ4n) is 0.0617. The Morgan fingerprint density at radius 2 is 0.700 bits per heavy atom. The van der Waals surface area contributed by atoms with E-state index in [-0.39, 0.29) is 31.6 Å². The number of hydrogen-bond acceptors (Lipinski definition) is 0. The Morgan fingerprint density at radius 1 is 0.500 bits per heavy atom. The summed E-state index contributed by atoms with van der Waals surface area (Å²) in [5, 5.41) is 0. The van der Waals surface area contributed by atoms with Crippen LogP contribution in [-0.4, -0.2) is 0 Å². The van der Waals surface area contributed by atoms with E-state index in [2.05, 4.69) is 112 Å². The number of hydrogen-bond donors (Lipinski definition) is 0. The van der Waals surface area contributed by atoms with Crippen LogP contribution in [0.1, 0.15) is 0 Å². The average molecular weight is 1270 g/mol. The van der Waals surface area contributed by atoms with Crippen LogP contribution in [-0.2, 0) is 0 Å². The predicted molar refractivity (Wildman–Crippen MR) is 140 cm³/mol. The van der Waals surface area contributed by atoms with Crippen LogP contribution in [0.15, 0.2) is 0 Å².